The van der Waals surface area contributed by atoms with E-state index in [2.05, 4.69) is 54.7 Å². The number of aliphatic hydroxyl groups excluding tert-OH is 1. The van der Waals surface area contributed by atoms with Crippen molar-refractivity contribution in [1.82, 2.24) is 25.8 Å². The van der Waals surface area contributed by atoms with Crippen LogP contribution in [0.2, 0.25) is 5.02 Å². The lowest BCUT2D eigenvalue weighted by Gasteiger charge is -2.63. The van der Waals surface area contributed by atoms with Gasteiger partial charge in [-0.05, 0) is 79.5 Å². The molecule has 4 N–H and O–H groups in total. The highest BCUT2D eigenvalue weighted by molar-refractivity contribution is 7.13. The highest BCUT2D eigenvalue weighted by Crippen LogP contribution is 2.55. The summed E-state index contributed by atoms with van der Waals surface area (Å²) in [6.07, 6.45) is 1.24. The molecule has 4 amide bonds. The average molecular weight is 910 g/mol. The molecule has 1 aliphatic carbocycles. The Morgan fingerprint density at radius 2 is 1.67 bits per heavy atom. The van der Waals surface area contributed by atoms with Crippen molar-refractivity contribution in [3.05, 3.63) is 105 Å². The van der Waals surface area contributed by atoms with Gasteiger partial charge in [0.25, 0.3) is 5.91 Å². The largest absolute Gasteiger partial charge is 0.489 e. The van der Waals surface area contributed by atoms with Gasteiger partial charge in [0.1, 0.15) is 30.0 Å². The molecular formula is C50H61ClN6O6S. The molecule has 6 rings (SSSR count). The van der Waals surface area contributed by atoms with E-state index >= 15 is 0 Å². The summed E-state index contributed by atoms with van der Waals surface area (Å²) in [5, 5.41) is 29.4. The maximum Gasteiger partial charge on any atom is 0.251 e. The molecule has 0 unspecified atom stereocenters. The lowest BCUT2D eigenvalue weighted by molar-refractivity contribution is -0.164. The van der Waals surface area contributed by atoms with Crippen LogP contribution in [0.1, 0.15) is 120 Å². The van der Waals surface area contributed by atoms with E-state index in [1.165, 1.54) is 4.90 Å². The number of thiazole rings is 1. The minimum absolute atomic E-state index is 0.000157. The van der Waals surface area contributed by atoms with E-state index in [-0.39, 0.29) is 55.3 Å². The molecule has 340 valence electrons. The lowest BCUT2D eigenvalue weighted by atomic mass is 9.49. The van der Waals surface area contributed by atoms with E-state index in [0.717, 1.165) is 33.7 Å². The summed E-state index contributed by atoms with van der Waals surface area (Å²) in [4.78, 5) is 61.4. The molecule has 12 nitrogen and oxygen atoms in total. The summed E-state index contributed by atoms with van der Waals surface area (Å²) in [5.74, 6) is -0.619. The number of likely N-dealkylation sites (tertiary alicyclic amines) is 1. The number of halogens is 1. The molecule has 2 heterocycles. The number of aliphatic hydroxyl groups is 1. The van der Waals surface area contributed by atoms with Crippen LogP contribution in [-0.2, 0) is 20.8 Å². The molecule has 1 aromatic heterocycles. The van der Waals surface area contributed by atoms with E-state index in [9.17, 15) is 29.5 Å². The van der Waals surface area contributed by atoms with Crippen molar-refractivity contribution >= 4 is 46.6 Å². The number of nitrogens with zero attached hydrogens (tertiary/aromatic N) is 3. The number of rotatable bonds is 15. The van der Waals surface area contributed by atoms with Gasteiger partial charge in [-0.25, -0.2) is 4.98 Å². The first-order chi connectivity index (χ1) is 30.1. The fourth-order valence-corrected chi connectivity index (χ4v) is 10.5. The topological polar surface area (TPSA) is 174 Å². The van der Waals surface area contributed by atoms with Crippen LogP contribution in [0.3, 0.4) is 0 Å². The number of hydrogen-bond donors (Lipinski definition) is 4. The van der Waals surface area contributed by atoms with Crippen molar-refractivity contribution in [1.29, 1.82) is 5.26 Å². The summed E-state index contributed by atoms with van der Waals surface area (Å²) in [6, 6.07) is 20.2. The zero-order valence-corrected chi connectivity index (χ0v) is 39.8. The maximum atomic E-state index is 14.1. The van der Waals surface area contributed by atoms with Crippen LogP contribution in [0.25, 0.3) is 10.4 Å². The van der Waals surface area contributed by atoms with Crippen molar-refractivity contribution in [2.24, 2.45) is 16.2 Å². The Labute approximate surface area is 386 Å². The Kier molecular flexibility index (Phi) is 14.6. The molecule has 0 bridgehead atoms. The Balaban J connectivity index is 0.969. The number of β-amino-alcohol motifs (C(OH)–C–C–N with tert-alkyl or cyclic N) is 1. The Bertz CT molecular complexity index is 2370. The summed E-state index contributed by atoms with van der Waals surface area (Å²) in [6.45, 7) is 17.7. The third kappa shape index (κ3) is 10.6. The van der Waals surface area contributed by atoms with E-state index in [4.69, 9.17) is 16.3 Å². The molecule has 2 aliphatic rings. The van der Waals surface area contributed by atoms with Gasteiger partial charge in [0.15, 0.2) is 0 Å². The fraction of sp³-hybridized carbons (Fsp3) is 0.480. The third-order valence-electron chi connectivity index (χ3n) is 12.8. The second-order valence-electron chi connectivity index (χ2n) is 19.6. The number of ether oxygens (including phenoxy) is 1. The van der Waals surface area contributed by atoms with Crippen LogP contribution < -0.4 is 20.7 Å². The molecule has 1 saturated heterocycles. The normalized spacial score (nSPS) is 20.9. The summed E-state index contributed by atoms with van der Waals surface area (Å²) in [7, 11) is 0. The molecule has 0 spiro atoms. The first-order valence-corrected chi connectivity index (χ1v) is 23.2. The standard InChI is InChI=1S/C50H61ClN6O6S/c1-29(32-18-20-33(21-19-32)41-30(2)53-28-64-41)54-44(61)39-24-36(58)27-57(39)45(62)42(48(3,4)5)55-40(59)13-11-10-12-31-14-16-34(17-15-31)43(60)56-46-49(6,7)47(50(46,8)9)63-37-23-22-35(26-52)38(51)25-37/h14-23,25,28-29,36,39,42,46-47,58H,10-13,24,27H2,1-9H3,(H,54,61)(H,55,59)(H,56,60)/t29-,36+,39-,42+,46?,47?/m0/s1. The number of aryl methyl sites for hydroxylation is 2. The minimum atomic E-state index is -0.907. The SMILES string of the molecule is Cc1ncsc1-c1ccc([C@H](C)NC(=O)[C@@H]2C[C@@H](O)CN2C(=O)[C@@H](NC(=O)CCCCc2ccc(C(=O)NC3C(C)(C)C(Oc4ccc(C#N)c(Cl)c4)C3(C)C)cc2)C(C)(C)C)cc1. The quantitative estimate of drug-likeness (QED) is 0.0862. The number of hydrogen-bond acceptors (Lipinski definition) is 9. The molecule has 4 aromatic rings. The van der Waals surface area contributed by atoms with Crippen LogP contribution in [-0.4, -0.2) is 75.5 Å². The van der Waals surface area contributed by atoms with Crippen molar-refractivity contribution in [3.8, 4) is 22.3 Å². The maximum absolute atomic E-state index is 14.1. The number of nitriles is 1. The molecule has 14 heteroatoms. The molecule has 2 fully saturated rings. The Morgan fingerprint density at radius 3 is 2.27 bits per heavy atom. The van der Waals surface area contributed by atoms with Gasteiger partial charge < -0.3 is 30.7 Å². The van der Waals surface area contributed by atoms with Gasteiger partial charge in [-0.15, -0.1) is 11.3 Å². The number of aromatic nitrogens is 1. The fourth-order valence-electron chi connectivity index (χ4n) is 9.50. The predicted molar refractivity (Wildman–Crippen MR) is 250 cm³/mol. The van der Waals surface area contributed by atoms with Crippen LogP contribution in [0, 0.1) is 34.5 Å². The van der Waals surface area contributed by atoms with E-state index in [1.54, 1.807) is 29.5 Å². The lowest BCUT2D eigenvalue weighted by Crippen LogP contribution is -2.74. The Hall–Kier alpha value is -5.29. The second kappa shape index (κ2) is 19.4. The minimum Gasteiger partial charge on any atom is -0.489 e. The Morgan fingerprint density at radius 1 is 1.00 bits per heavy atom. The molecule has 3 aromatic carbocycles. The first kappa shape index (κ1) is 48.2. The number of benzene rings is 3. The molecule has 64 heavy (non-hydrogen) atoms. The number of carbonyl (C=O) groups excluding carboxylic acids is 4. The van der Waals surface area contributed by atoms with Gasteiger partial charge in [0.05, 0.1) is 38.8 Å². The molecule has 4 atom stereocenters. The summed E-state index contributed by atoms with van der Waals surface area (Å²) >= 11 is 7.82. The van der Waals surface area contributed by atoms with Gasteiger partial charge in [0.2, 0.25) is 17.7 Å². The molecule has 0 radical (unpaired) electrons. The van der Waals surface area contributed by atoms with Crippen LogP contribution in [0.15, 0.2) is 72.2 Å². The van der Waals surface area contributed by atoms with E-state index in [0.29, 0.717) is 34.7 Å². The number of unbranched alkanes of at least 4 members (excludes halogenated alkanes) is 1. The van der Waals surface area contributed by atoms with Crippen molar-refractivity contribution < 1.29 is 29.0 Å². The van der Waals surface area contributed by atoms with Crippen molar-refractivity contribution in [2.45, 2.75) is 131 Å². The first-order valence-electron chi connectivity index (χ1n) is 22.0. The van der Waals surface area contributed by atoms with Crippen molar-refractivity contribution in [2.75, 3.05) is 6.54 Å². The predicted octanol–water partition coefficient (Wildman–Crippen LogP) is 8.34. The third-order valence-corrected chi connectivity index (χ3v) is 14.1. The highest BCUT2D eigenvalue weighted by Gasteiger charge is 2.64. The second-order valence-corrected chi connectivity index (χ2v) is 20.8. The molecule has 1 aliphatic heterocycles. The summed E-state index contributed by atoms with van der Waals surface area (Å²) in [5.41, 5.74) is 5.25. The monoisotopic (exact) mass is 908 g/mol. The summed E-state index contributed by atoms with van der Waals surface area (Å²) < 4.78 is 6.36. The average Bonchev–Trinajstić information content (AvgIpc) is 3.87. The van der Waals surface area contributed by atoms with Gasteiger partial charge in [-0.3, -0.25) is 19.2 Å². The zero-order chi connectivity index (χ0) is 46.7. The van der Waals surface area contributed by atoms with E-state index < -0.39 is 40.3 Å². The van der Waals surface area contributed by atoms with Crippen molar-refractivity contribution in [3.63, 3.8) is 0 Å². The smallest absolute Gasteiger partial charge is 0.251 e. The van der Waals surface area contributed by atoms with Crippen LogP contribution in [0.4, 0.5) is 0 Å². The van der Waals surface area contributed by atoms with Gasteiger partial charge >= 0.3 is 0 Å². The number of nitrogens with one attached hydrogen (secondary N) is 3. The van der Waals surface area contributed by atoms with Crippen LogP contribution >= 0.6 is 22.9 Å². The van der Waals surface area contributed by atoms with E-state index in [1.807, 2.05) is 88.7 Å². The number of amides is 4. The van der Waals surface area contributed by atoms with Gasteiger partial charge in [0, 0.05) is 47.9 Å². The van der Waals surface area contributed by atoms with Gasteiger partial charge in [-0.1, -0.05) is 96.5 Å². The van der Waals surface area contributed by atoms with Gasteiger partial charge in [-0.2, -0.15) is 5.26 Å². The zero-order valence-electron chi connectivity index (χ0n) is 38.3. The number of carbonyl (C=O) groups is 4. The molecular weight excluding hydrogens is 848 g/mol. The highest BCUT2D eigenvalue weighted by atomic mass is 35.5. The van der Waals surface area contributed by atoms with Crippen LogP contribution in [0.5, 0.6) is 5.75 Å². The molecule has 1 saturated carbocycles.